The first kappa shape index (κ1) is 38.6. The van der Waals surface area contributed by atoms with E-state index in [1.807, 2.05) is 12.1 Å². The highest BCUT2D eigenvalue weighted by Gasteiger charge is 2.32. The van der Waals surface area contributed by atoms with Gasteiger partial charge in [0.05, 0.1) is 18.8 Å². The van der Waals surface area contributed by atoms with E-state index < -0.39 is 6.11 Å². The number of alkyl halides is 2. The van der Waals surface area contributed by atoms with Crippen LogP contribution in [0.25, 0.3) is 0 Å². The van der Waals surface area contributed by atoms with Crippen LogP contribution < -0.4 is 0 Å². The first-order valence-corrected chi connectivity index (χ1v) is 18.1. The van der Waals surface area contributed by atoms with E-state index in [9.17, 15) is 8.78 Å². The van der Waals surface area contributed by atoms with Gasteiger partial charge in [-0.15, -0.1) is 0 Å². The summed E-state index contributed by atoms with van der Waals surface area (Å²) < 4.78 is 40.1. The third-order valence-electron chi connectivity index (χ3n) is 6.77. The van der Waals surface area contributed by atoms with Gasteiger partial charge in [0.25, 0.3) is 0 Å². The molecule has 0 atom stereocenters. The van der Waals surface area contributed by atoms with E-state index in [1.54, 1.807) is 12.1 Å². The maximum Gasteiger partial charge on any atom is 0.383 e. The number of rotatable bonds is 21. The highest BCUT2D eigenvalue weighted by atomic mass is 127. The number of hydrogen-bond donors (Lipinski definition) is 0. The van der Waals surface area contributed by atoms with Gasteiger partial charge in [-0.05, 0) is 119 Å². The second-order valence-electron chi connectivity index (χ2n) is 10.5. The van der Waals surface area contributed by atoms with Crippen LogP contribution in [0.2, 0.25) is 0 Å². The summed E-state index contributed by atoms with van der Waals surface area (Å²) >= 11 is 9.67. The molecule has 232 valence electrons. The molecule has 2 aromatic carbocycles. The SMILES string of the molecule is CCCCCCCCCCOC(=S)c1ccc(I)cc1.CCCCCCCCCCOC(F)(F)c1ccc(I)cc1. The highest BCUT2D eigenvalue weighted by Crippen LogP contribution is 2.30. The molecule has 0 fully saturated rings. The van der Waals surface area contributed by atoms with Crippen molar-refractivity contribution in [2.75, 3.05) is 13.2 Å². The molecule has 0 bridgehead atoms. The Balaban J connectivity index is 0.000000410. The molecule has 41 heavy (non-hydrogen) atoms. The smallest absolute Gasteiger partial charge is 0.383 e. The molecule has 0 saturated heterocycles. The Morgan fingerprint density at radius 1 is 0.610 bits per heavy atom. The first-order chi connectivity index (χ1) is 19.8. The van der Waals surface area contributed by atoms with Crippen molar-refractivity contribution in [1.29, 1.82) is 0 Å². The lowest BCUT2D eigenvalue weighted by Crippen LogP contribution is -2.18. The molecule has 2 rings (SSSR count). The summed E-state index contributed by atoms with van der Waals surface area (Å²) in [4.78, 5) is 0. The third kappa shape index (κ3) is 20.2. The summed E-state index contributed by atoms with van der Waals surface area (Å²) in [6.07, 6.45) is 16.4. The zero-order chi connectivity index (χ0) is 30.2. The van der Waals surface area contributed by atoms with Gasteiger partial charge in [-0.1, -0.05) is 104 Å². The maximum atomic E-state index is 13.8. The van der Waals surface area contributed by atoms with Crippen LogP contribution in [0.5, 0.6) is 0 Å². The quantitative estimate of drug-likeness (QED) is 0.0711. The average Bonchev–Trinajstić information content (AvgIpc) is 2.96. The topological polar surface area (TPSA) is 18.5 Å². The standard InChI is InChI=1S/C17H25F2IO.C17H25IOS/c1-2-3-4-5-6-7-8-9-14-21-17(18,19)15-10-12-16(20)13-11-15;1-2-3-4-5-6-7-8-9-14-19-17(20)15-10-12-16(18)13-11-15/h10-13H,2-9,14H2,1H3;10-13H,2-9,14H2,1H3. The van der Waals surface area contributed by atoms with Crippen LogP contribution in [0, 0.1) is 7.14 Å². The second-order valence-corrected chi connectivity index (χ2v) is 13.3. The van der Waals surface area contributed by atoms with Crippen molar-refractivity contribution in [2.24, 2.45) is 0 Å². The van der Waals surface area contributed by atoms with Gasteiger partial charge in [0, 0.05) is 12.7 Å². The van der Waals surface area contributed by atoms with Crippen LogP contribution in [-0.4, -0.2) is 18.3 Å². The van der Waals surface area contributed by atoms with Crippen LogP contribution >= 0.6 is 57.4 Å². The summed E-state index contributed by atoms with van der Waals surface area (Å²) in [5.41, 5.74) is 0.947. The minimum atomic E-state index is -3.18. The van der Waals surface area contributed by atoms with Crippen LogP contribution in [-0.2, 0) is 15.6 Å². The number of benzene rings is 2. The number of unbranched alkanes of at least 4 members (excludes halogenated alkanes) is 14. The molecular weight excluding hydrogens is 764 g/mol. The minimum Gasteiger partial charge on any atom is -0.483 e. The summed E-state index contributed by atoms with van der Waals surface area (Å²) in [5, 5.41) is 0.629. The Kier molecular flexibility index (Phi) is 23.5. The van der Waals surface area contributed by atoms with E-state index in [-0.39, 0.29) is 12.2 Å². The Hall–Kier alpha value is -0.390. The lowest BCUT2D eigenvalue weighted by molar-refractivity contribution is -0.249. The fourth-order valence-electron chi connectivity index (χ4n) is 4.23. The molecule has 0 aliphatic carbocycles. The predicted octanol–water partition coefficient (Wildman–Crippen LogP) is 12.6. The van der Waals surface area contributed by atoms with Crippen molar-refractivity contribution >= 4 is 62.5 Å². The highest BCUT2D eigenvalue weighted by molar-refractivity contribution is 14.1. The number of halogens is 4. The summed E-state index contributed by atoms with van der Waals surface area (Å²) in [5.74, 6) is 0. The largest absolute Gasteiger partial charge is 0.483 e. The van der Waals surface area contributed by atoms with Crippen LogP contribution in [0.15, 0.2) is 48.5 Å². The van der Waals surface area contributed by atoms with E-state index in [1.165, 1.54) is 92.8 Å². The molecule has 0 spiro atoms. The van der Waals surface area contributed by atoms with Gasteiger partial charge in [-0.2, -0.15) is 8.78 Å². The maximum absolute atomic E-state index is 13.8. The van der Waals surface area contributed by atoms with Gasteiger partial charge in [0.2, 0.25) is 0 Å². The Morgan fingerprint density at radius 3 is 1.46 bits per heavy atom. The Bertz CT molecular complexity index is 908. The zero-order valence-corrected chi connectivity index (χ0v) is 30.2. The predicted molar refractivity (Wildman–Crippen MR) is 191 cm³/mol. The van der Waals surface area contributed by atoms with Crippen molar-refractivity contribution in [2.45, 2.75) is 123 Å². The van der Waals surface area contributed by atoms with Crippen LogP contribution in [0.3, 0.4) is 0 Å². The zero-order valence-electron chi connectivity index (χ0n) is 25.1. The van der Waals surface area contributed by atoms with Crippen molar-refractivity contribution < 1.29 is 18.3 Å². The van der Waals surface area contributed by atoms with Gasteiger partial charge < -0.3 is 9.47 Å². The molecule has 2 nitrogen and oxygen atoms in total. The Morgan fingerprint density at radius 2 is 1.00 bits per heavy atom. The average molecular weight is 815 g/mol. The normalized spacial score (nSPS) is 11.2. The van der Waals surface area contributed by atoms with Gasteiger partial charge >= 0.3 is 6.11 Å². The lowest BCUT2D eigenvalue weighted by Gasteiger charge is -2.17. The van der Waals surface area contributed by atoms with Crippen molar-refractivity contribution in [3.05, 3.63) is 66.8 Å². The van der Waals surface area contributed by atoms with E-state index in [4.69, 9.17) is 21.7 Å². The fraction of sp³-hybridized carbons (Fsp3) is 0.618. The third-order valence-corrected chi connectivity index (χ3v) is 8.56. The number of thiocarbonyl (C=S) groups is 1. The van der Waals surface area contributed by atoms with E-state index >= 15 is 0 Å². The van der Waals surface area contributed by atoms with Crippen LogP contribution in [0.4, 0.5) is 8.78 Å². The summed E-state index contributed by atoms with van der Waals surface area (Å²) in [6, 6.07) is 14.4. The van der Waals surface area contributed by atoms with E-state index in [0.717, 1.165) is 35.0 Å². The van der Waals surface area contributed by atoms with Crippen molar-refractivity contribution in [1.82, 2.24) is 0 Å². The molecule has 0 radical (unpaired) electrons. The minimum absolute atomic E-state index is 0.0671. The monoisotopic (exact) mass is 814 g/mol. The molecule has 0 heterocycles. The molecule has 0 unspecified atom stereocenters. The molecular formula is C34H50F2I2O2S. The molecule has 7 heteroatoms. The van der Waals surface area contributed by atoms with Gasteiger partial charge in [-0.25, -0.2) is 0 Å². The molecule has 0 aliphatic rings. The van der Waals surface area contributed by atoms with E-state index in [0.29, 0.717) is 11.5 Å². The molecule has 0 aromatic heterocycles. The Labute approximate surface area is 281 Å². The lowest BCUT2D eigenvalue weighted by atomic mass is 10.1. The fourth-order valence-corrected chi connectivity index (χ4v) is 5.17. The van der Waals surface area contributed by atoms with Crippen molar-refractivity contribution in [3.8, 4) is 0 Å². The van der Waals surface area contributed by atoms with Gasteiger partial charge in [-0.3, -0.25) is 0 Å². The first-order valence-electron chi connectivity index (χ1n) is 15.5. The molecule has 2 aromatic rings. The molecule has 0 aliphatic heterocycles. The second kappa shape index (κ2) is 25.0. The van der Waals surface area contributed by atoms with Crippen LogP contribution in [0.1, 0.15) is 128 Å². The molecule has 0 saturated carbocycles. The van der Waals surface area contributed by atoms with Gasteiger partial charge in [0.15, 0.2) is 5.05 Å². The molecule has 0 N–H and O–H groups in total. The summed E-state index contributed by atoms with van der Waals surface area (Å²) in [7, 11) is 0. The van der Waals surface area contributed by atoms with Crippen molar-refractivity contribution in [3.63, 3.8) is 0 Å². The van der Waals surface area contributed by atoms with E-state index in [2.05, 4.69) is 71.2 Å². The number of ether oxygens (including phenoxy) is 2. The summed E-state index contributed by atoms with van der Waals surface area (Å²) in [6.45, 7) is 5.33. The molecule has 0 amide bonds. The number of hydrogen-bond acceptors (Lipinski definition) is 3. The van der Waals surface area contributed by atoms with Gasteiger partial charge in [0.1, 0.15) is 0 Å².